The lowest BCUT2D eigenvalue weighted by Crippen LogP contribution is -2.18. The second kappa shape index (κ2) is 13.5. The van der Waals surface area contributed by atoms with Crippen molar-refractivity contribution in [2.45, 2.75) is 20.8 Å². The average Bonchev–Trinajstić information content (AvgIpc) is 3.34. The second-order valence-corrected chi connectivity index (χ2v) is 11.3. The summed E-state index contributed by atoms with van der Waals surface area (Å²) in [4.78, 5) is 38.4. The summed E-state index contributed by atoms with van der Waals surface area (Å²) in [6.07, 6.45) is 1.45. The Morgan fingerprint density at radius 3 is 2.25 bits per heavy atom. The quantitative estimate of drug-likeness (QED) is 0.0752. The Morgan fingerprint density at radius 2 is 1.52 bits per heavy atom. The summed E-state index contributed by atoms with van der Waals surface area (Å²) in [5.41, 5.74) is 6.70. The summed E-state index contributed by atoms with van der Waals surface area (Å²) >= 11 is 7.76. The average molecular weight is 626 g/mol. The number of halogens is 1. The molecule has 0 aliphatic carbocycles. The molecule has 10 heteroatoms. The number of anilines is 1. The van der Waals surface area contributed by atoms with Crippen LogP contribution in [-0.4, -0.2) is 30.6 Å². The van der Waals surface area contributed by atoms with Crippen LogP contribution < -0.4 is 20.2 Å². The number of aryl methyl sites for hydroxylation is 2. The van der Waals surface area contributed by atoms with E-state index in [0.29, 0.717) is 44.6 Å². The summed E-state index contributed by atoms with van der Waals surface area (Å²) in [6, 6.07) is 24.5. The molecule has 1 aromatic heterocycles. The van der Waals surface area contributed by atoms with E-state index in [4.69, 9.17) is 21.1 Å². The first-order valence-corrected chi connectivity index (χ1v) is 14.9. The number of hydrogen-bond acceptors (Lipinski definition) is 7. The number of carbonyl (C=O) groups is 3. The zero-order valence-electron chi connectivity index (χ0n) is 24.1. The molecule has 44 heavy (non-hydrogen) atoms. The van der Waals surface area contributed by atoms with E-state index in [9.17, 15) is 14.4 Å². The number of amides is 2. The van der Waals surface area contributed by atoms with Gasteiger partial charge in [0.2, 0.25) is 0 Å². The summed E-state index contributed by atoms with van der Waals surface area (Å²) in [6.45, 7) is 6.08. The molecule has 8 nitrogen and oxygen atoms in total. The van der Waals surface area contributed by atoms with Gasteiger partial charge in [-0.15, -0.1) is 11.3 Å². The maximum Gasteiger partial charge on any atom is 0.355 e. The lowest BCUT2D eigenvalue weighted by Gasteiger charge is -2.11. The van der Waals surface area contributed by atoms with Crippen LogP contribution in [0.1, 0.15) is 54.0 Å². The maximum atomic E-state index is 13.0. The molecule has 2 amide bonds. The molecule has 2 N–H and O–H groups in total. The molecule has 0 aliphatic heterocycles. The number of esters is 1. The number of fused-ring (bicyclic) bond motifs is 1. The van der Waals surface area contributed by atoms with Crippen LogP contribution in [0.4, 0.5) is 5.69 Å². The van der Waals surface area contributed by atoms with Crippen LogP contribution in [0.5, 0.6) is 11.5 Å². The first kappa shape index (κ1) is 30.5. The molecule has 0 bridgehead atoms. The molecule has 0 unspecified atom stereocenters. The zero-order valence-corrected chi connectivity index (χ0v) is 25.7. The maximum absolute atomic E-state index is 13.0. The van der Waals surface area contributed by atoms with Gasteiger partial charge in [0.1, 0.15) is 4.88 Å². The minimum Gasteiger partial charge on any atom is -0.490 e. The van der Waals surface area contributed by atoms with Crippen molar-refractivity contribution >= 4 is 62.7 Å². The van der Waals surface area contributed by atoms with Gasteiger partial charge in [-0.3, -0.25) is 9.59 Å². The van der Waals surface area contributed by atoms with E-state index in [2.05, 4.69) is 15.8 Å². The molecule has 0 spiro atoms. The van der Waals surface area contributed by atoms with E-state index >= 15 is 0 Å². The first-order valence-electron chi connectivity index (χ1n) is 13.7. The number of nitrogens with zero attached hydrogens (tertiary/aromatic N) is 1. The van der Waals surface area contributed by atoms with Crippen LogP contribution >= 0.6 is 22.9 Å². The molecule has 0 aliphatic rings. The monoisotopic (exact) mass is 625 g/mol. The van der Waals surface area contributed by atoms with Gasteiger partial charge in [-0.25, -0.2) is 10.2 Å². The highest BCUT2D eigenvalue weighted by atomic mass is 35.5. The Balaban J connectivity index is 1.21. The molecule has 0 atom stereocenters. The first-order chi connectivity index (χ1) is 21.2. The number of hydrazone groups is 1. The molecular formula is C34H28ClN3O5S. The van der Waals surface area contributed by atoms with E-state index in [1.54, 1.807) is 54.6 Å². The highest BCUT2D eigenvalue weighted by Gasteiger charge is 2.21. The number of rotatable bonds is 9. The minimum atomic E-state index is -0.579. The van der Waals surface area contributed by atoms with Gasteiger partial charge < -0.3 is 14.8 Å². The third kappa shape index (κ3) is 7.14. The van der Waals surface area contributed by atoms with Crippen LogP contribution in [0, 0.1) is 13.8 Å². The molecule has 0 saturated heterocycles. The van der Waals surface area contributed by atoms with Crippen molar-refractivity contribution in [3.63, 3.8) is 0 Å². The fourth-order valence-corrected chi connectivity index (χ4v) is 5.73. The van der Waals surface area contributed by atoms with Gasteiger partial charge in [-0.2, -0.15) is 5.10 Å². The highest BCUT2D eigenvalue weighted by molar-refractivity contribution is 7.21. The number of hydrogen-bond donors (Lipinski definition) is 2. The molecule has 4 aromatic carbocycles. The van der Waals surface area contributed by atoms with Gasteiger partial charge in [0.25, 0.3) is 11.8 Å². The third-order valence-corrected chi connectivity index (χ3v) is 8.18. The standard InChI is InChI=1S/C34H28ClN3O5S/c1-4-42-28-18-22(8-16-27(28)43-34(41)31-30(35)26-15-7-21(3)17-29(26)44-31)19-36-38-33(40)24-11-13-25(14-12-24)37-32(39)23-9-5-20(2)6-10-23/h5-19H,4H2,1-3H3,(H,37,39)(H,38,40)/b36-19-. The van der Waals surface area contributed by atoms with Crippen molar-refractivity contribution in [2.24, 2.45) is 5.10 Å². The Labute approximate surface area is 263 Å². The Hall–Kier alpha value is -4.99. The predicted molar refractivity (Wildman–Crippen MR) is 175 cm³/mol. The van der Waals surface area contributed by atoms with E-state index in [-0.39, 0.29) is 11.7 Å². The van der Waals surface area contributed by atoms with Crippen molar-refractivity contribution in [1.82, 2.24) is 5.43 Å². The second-order valence-electron chi connectivity index (χ2n) is 9.87. The van der Waals surface area contributed by atoms with Crippen LogP contribution in [0.15, 0.2) is 90.0 Å². The SMILES string of the molecule is CCOc1cc(/C=N\NC(=O)c2ccc(NC(=O)c3ccc(C)cc3)cc2)ccc1OC(=O)c1sc2cc(C)ccc2c1Cl. The minimum absolute atomic E-state index is 0.234. The molecule has 222 valence electrons. The summed E-state index contributed by atoms with van der Waals surface area (Å²) in [7, 11) is 0. The summed E-state index contributed by atoms with van der Waals surface area (Å²) in [5, 5.41) is 8.01. The molecule has 5 rings (SSSR count). The van der Waals surface area contributed by atoms with E-state index in [0.717, 1.165) is 21.2 Å². The van der Waals surface area contributed by atoms with Crippen LogP contribution in [-0.2, 0) is 0 Å². The van der Waals surface area contributed by atoms with Crippen LogP contribution in [0.2, 0.25) is 5.02 Å². The van der Waals surface area contributed by atoms with Gasteiger partial charge in [-0.05, 0) is 92.6 Å². The Kier molecular flexibility index (Phi) is 9.38. The number of ether oxygens (including phenoxy) is 2. The molecule has 0 fully saturated rings. The topological polar surface area (TPSA) is 106 Å². The fraction of sp³-hybridized carbons (Fsp3) is 0.118. The lowest BCUT2D eigenvalue weighted by atomic mass is 10.1. The largest absolute Gasteiger partial charge is 0.490 e. The van der Waals surface area contributed by atoms with Gasteiger partial charge in [0.15, 0.2) is 11.5 Å². The van der Waals surface area contributed by atoms with Gasteiger partial charge in [-0.1, -0.05) is 41.4 Å². The fourth-order valence-electron chi connectivity index (χ4n) is 4.25. The smallest absolute Gasteiger partial charge is 0.355 e. The third-order valence-electron chi connectivity index (χ3n) is 6.54. The van der Waals surface area contributed by atoms with E-state index in [1.807, 2.05) is 51.1 Å². The summed E-state index contributed by atoms with van der Waals surface area (Å²) in [5.74, 6) is -0.671. The van der Waals surface area contributed by atoms with E-state index < -0.39 is 11.9 Å². The molecule has 1 heterocycles. The van der Waals surface area contributed by atoms with Crippen molar-refractivity contribution in [1.29, 1.82) is 0 Å². The van der Waals surface area contributed by atoms with Crippen molar-refractivity contribution in [3.05, 3.63) is 123 Å². The zero-order chi connectivity index (χ0) is 31.2. The van der Waals surface area contributed by atoms with Crippen molar-refractivity contribution in [2.75, 3.05) is 11.9 Å². The lowest BCUT2D eigenvalue weighted by molar-refractivity contribution is 0.0733. The molecule has 5 aromatic rings. The van der Waals surface area contributed by atoms with Gasteiger partial charge in [0.05, 0.1) is 17.8 Å². The van der Waals surface area contributed by atoms with Crippen molar-refractivity contribution < 1.29 is 23.9 Å². The molecular weight excluding hydrogens is 598 g/mol. The number of thiophene rings is 1. The molecule has 0 saturated carbocycles. The number of carbonyl (C=O) groups excluding carboxylic acids is 3. The van der Waals surface area contributed by atoms with Crippen molar-refractivity contribution in [3.8, 4) is 11.5 Å². The molecule has 0 radical (unpaired) electrons. The highest BCUT2D eigenvalue weighted by Crippen LogP contribution is 2.37. The summed E-state index contributed by atoms with van der Waals surface area (Å²) < 4.78 is 12.3. The Bertz CT molecular complexity index is 1880. The van der Waals surface area contributed by atoms with Gasteiger partial charge >= 0.3 is 5.97 Å². The van der Waals surface area contributed by atoms with E-state index in [1.165, 1.54) is 17.6 Å². The van der Waals surface area contributed by atoms with Gasteiger partial charge in [0, 0.05) is 26.9 Å². The van der Waals surface area contributed by atoms with Crippen LogP contribution in [0.25, 0.3) is 10.1 Å². The van der Waals surface area contributed by atoms with Crippen LogP contribution in [0.3, 0.4) is 0 Å². The number of benzene rings is 4. The Morgan fingerprint density at radius 1 is 0.841 bits per heavy atom. The predicted octanol–water partition coefficient (Wildman–Crippen LogP) is 7.81. The number of nitrogens with one attached hydrogen (secondary N) is 2. The normalized spacial score (nSPS) is 11.0.